The molecule has 5 heterocycles. The van der Waals surface area contributed by atoms with Gasteiger partial charge in [0, 0.05) is 68.9 Å². The lowest BCUT2D eigenvalue weighted by Gasteiger charge is -2.38. The highest BCUT2D eigenvalue weighted by Crippen LogP contribution is 2.43. The standard InChI is InChI=1S/C33H36ClF3N6O2/c1-20-14-33(15-23(36)17-43(33)16-20)19-45-32-38-26-18-42(27-5-3-4-22-6-7-25(37)29(34)28(22)27)9-8-24(26)30(39-32)40-10-12-41(13-11-40)31(44)21(2)35/h3-7,20,23H,2,8-19H2,1H3. The van der Waals surface area contributed by atoms with E-state index in [4.69, 9.17) is 26.3 Å². The Labute approximate surface area is 265 Å². The van der Waals surface area contributed by atoms with Gasteiger partial charge in [-0.1, -0.05) is 43.3 Å². The highest BCUT2D eigenvalue weighted by molar-refractivity contribution is 6.36. The van der Waals surface area contributed by atoms with Crippen molar-refractivity contribution < 1.29 is 22.7 Å². The Morgan fingerprint density at radius 2 is 1.89 bits per heavy atom. The van der Waals surface area contributed by atoms with Crippen LogP contribution in [0.5, 0.6) is 6.01 Å². The van der Waals surface area contributed by atoms with E-state index in [1.165, 1.54) is 11.0 Å². The smallest absolute Gasteiger partial charge is 0.318 e. The largest absolute Gasteiger partial charge is 0.461 e. The molecule has 3 aromatic rings. The number of carbonyl (C=O) groups is 1. The number of carbonyl (C=O) groups excluding carboxylic acids is 1. The summed E-state index contributed by atoms with van der Waals surface area (Å²) in [5.41, 5.74) is 2.20. The number of hydrogen-bond donors (Lipinski definition) is 0. The fourth-order valence-electron chi connectivity index (χ4n) is 7.78. The summed E-state index contributed by atoms with van der Waals surface area (Å²) in [7, 11) is 0. The number of aromatic nitrogens is 2. The summed E-state index contributed by atoms with van der Waals surface area (Å²) in [5.74, 6) is -0.954. The van der Waals surface area contributed by atoms with Gasteiger partial charge < -0.3 is 19.4 Å². The average molecular weight is 641 g/mol. The lowest BCUT2D eigenvalue weighted by atomic mass is 9.91. The second kappa shape index (κ2) is 11.7. The molecule has 12 heteroatoms. The van der Waals surface area contributed by atoms with Crippen LogP contribution in [0.15, 0.2) is 42.7 Å². The first-order chi connectivity index (χ1) is 21.6. The minimum atomic E-state index is -0.968. The number of amides is 1. The van der Waals surface area contributed by atoms with Gasteiger partial charge >= 0.3 is 6.01 Å². The topological polar surface area (TPSA) is 65.0 Å². The van der Waals surface area contributed by atoms with Crippen LogP contribution in [0.1, 0.15) is 31.0 Å². The number of alkyl halides is 1. The van der Waals surface area contributed by atoms with Crippen molar-refractivity contribution in [3.63, 3.8) is 0 Å². The summed E-state index contributed by atoms with van der Waals surface area (Å²) in [4.78, 5) is 29.9. The zero-order valence-corrected chi connectivity index (χ0v) is 26.0. The normalized spacial score (nSPS) is 25.0. The number of nitrogens with zero attached hydrogens (tertiary/aromatic N) is 6. The van der Waals surface area contributed by atoms with Gasteiger partial charge in [0.05, 0.1) is 22.8 Å². The number of halogens is 4. The van der Waals surface area contributed by atoms with Crippen LogP contribution in [0, 0.1) is 11.7 Å². The van der Waals surface area contributed by atoms with E-state index >= 15 is 0 Å². The molecule has 0 bridgehead atoms. The van der Waals surface area contributed by atoms with Crippen molar-refractivity contribution in [2.75, 3.05) is 62.2 Å². The predicted octanol–water partition coefficient (Wildman–Crippen LogP) is 5.32. The van der Waals surface area contributed by atoms with Gasteiger partial charge in [-0.15, -0.1) is 0 Å². The van der Waals surface area contributed by atoms with Crippen molar-refractivity contribution >= 4 is 39.8 Å². The van der Waals surface area contributed by atoms with Crippen LogP contribution in [0.4, 0.5) is 24.7 Å². The second-order valence-electron chi connectivity index (χ2n) is 12.9. The molecule has 1 amide bonds. The first-order valence-electron chi connectivity index (χ1n) is 15.5. The van der Waals surface area contributed by atoms with E-state index in [0.717, 1.165) is 41.1 Å². The molecule has 7 rings (SSSR count). The summed E-state index contributed by atoms with van der Waals surface area (Å²) in [6.07, 6.45) is 1.02. The van der Waals surface area contributed by atoms with E-state index < -0.39 is 23.7 Å². The number of benzene rings is 2. The van der Waals surface area contributed by atoms with Crippen LogP contribution >= 0.6 is 11.6 Å². The van der Waals surface area contributed by atoms with Gasteiger partial charge in [-0.2, -0.15) is 9.97 Å². The van der Waals surface area contributed by atoms with Gasteiger partial charge in [-0.05, 0) is 36.3 Å². The van der Waals surface area contributed by atoms with Crippen molar-refractivity contribution in [3.05, 3.63) is 64.8 Å². The van der Waals surface area contributed by atoms with Crippen molar-refractivity contribution in [1.82, 2.24) is 19.8 Å². The Balaban J connectivity index is 1.21. The summed E-state index contributed by atoms with van der Waals surface area (Å²) < 4.78 is 49.0. The molecular formula is C33H36ClF3N6O2. The molecule has 0 spiro atoms. The van der Waals surface area contributed by atoms with E-state index in [0.29, 0.717) is 76.6 Å². The van der Waals surface area contributed by atoms with E-state index in [-0.39, 0.29) is 16.6 Å². The lowest BCUT2D eigenvalue weighted by Crippen LogP contribution is -2.49. The van der Waals surface area contributed by atoms with Gasteiger partial charge in [-0.3, -0.25) is 9.69 Å². The number of fused-ring (bicyclic) bond motifs is 3. The SMILES string of the molecule is C=C(F)C(=O)N1CCN(c2nc(OCC34CC(C)CN3CC(F)C4)nc3c2CCN(c2cccc4ccc(F)c(Cl)c24)C3)CC1. The summed E-state index contributed by atoms with van der Waals surface area (Å²) in [6, 6.07) is 9.11. The number of hydrogen-bond acceptors (Lipinski definition) is 7. The van der Waals surface area contributed by atoms with Gasteiger partial charge in [0.1, 0.15) is 24.4 Å². The predicted molar refractivity (Wildman–Crippen MR) is 168 cm³/mol. The molecular weight excluding hydrogens is 605 g/mol. The number of piperazine rings is 1. The third kappa shape index (κ3) is 5.48. The summed E-state index contributed by atoms with van der Waals surface area (Å²) >= 11 is 6.48. The molecule has 0 aliphatic carbocycles. The molecule has 3 unspecified atom stereocenters. The van der Waals surface area contributed by atoms with Crippen molar-refractivity contribution in [2.45, 2.75) is 44.4 Å². The van der Waals surface area contributed by atoms with Crippen LogP contribution in [-0.4, -0.2) is 89.8 Å². The molecule has 3 saturated heterocycles. The van der Waals surface area contributed by atoms with Crippen LogP contribution in [0.2, 0.25) is 5.02 Å². The first kappa shape index (κ1) is 30.1. The molecule has 4 aliphatic heterocycles. The first-order valence-corrected chi connectivity index (χ1v) is 15.9. The fraction of sp³-hybridized carbons (Fsp3) is 0.485. The second-order valence-corrected chi connectivity index (χ2v) is 13.3. The highest BCUT2D eigenvalue weighted by atomic mass is 35.5. The van der Waals surface area contributed by atoms with Crippen molar-refractivity contribution in [1.29, 1.82) is 0 Å². The molecule has 45 heavy (non-hydrogen) atoms. The molecule has 0 saturated carbocycles. The summed E-state index contributed by atoms with van der Waals surface area (Å²) in [5, 5.41) is 1.58. The maximum atomic E-state index is 14.6. The monoisotopic (exact) mass is 640 g/mol. The maximum absolute atomic E-state index is 14.6. The minimum absolute atomic E-state index is 0.0852. The van der Waals surface area contributed by atoms with E-state index in [9.17, 15) is 18.0 Å². The third-order valence-electron chi connectivity index (χ3n) is 9.80. The maximum Gasteiger partial charge on any atom is 0.318 e. The molecule has 1 aromatic heterocycles. The average Bonchev–Trinajstić information content (AvgIpc) is 3.50. The summed E-state index contributed by atoms with van der Waals surface area (Å²) in [6.45, 7) is 9.53. The molecule has 8 nitrogen and oxygen atoms in total. The minimum Gasteiger partial charge on any atom is -0.461 e. The van der Waals surface area contributed by atoms with Gasteiger partial charge in [0.2, 0.25) is 0 Å². The molecule has 4 aliphatic rings. The number of ether oxygens (including phenoxy) is 1. The van der Waals surface area contributed by atoms with E-state index in [1.54, 1.807) is 6.07 Å². The number of rotatable bonds is 6. The van der Waals surface area contributed by atoms with E-state index in [1.807, 2.05) is 18.2 Å². The lowest BCUT2D eigenvalue weighted by molar-refractivity contribution is -0.128. The van der Waals surface area contributed by atoms with Crippen LogP contribution in [-0.2, 0) is 17.8 Å². The molecule has 0 N–H and O–H groups in total. The Kier molecular flexibility index (Phi) is 7.80. The molecule has 238 valence electrons. The van der Waals surface area contributed by atoms with Crippen LogP contribution < -0.4 is 14.5 Å². The van der Waals surface area contributed by atoms with Gasteiger partial charge in [0.15, 0.2) is 5.83 Å². The molecule has 2 aromatic carbocycles. The fourth-order valence-corrected chi connectivity index (χ4v) is 8.05. The third-order valence-corrected chi connectivity index (χ3v) is 10.2. The highest BCUT2D eigenvalue weighted by Gasteiger charge is 2.51. The van der Waals surface area contributed by atoms with Crippen LogP contribution in [0.25, 0.3) is 10.8 Å². The Morgan fingerprint density at radius 3 is 2.67 bits per heavy atom. The molecule has 0 radical (unpaired) electrons. The number of anilines is 2. The van der Waals surface area contributed by atoms with E-state index in [2.05, 4.69) is 28.2 Å². The zero-order valence-electron chi connectivity index (χ0n) is 25.2. The van der Waals surface area contributed by atoms with Gasteiger partial charge in [0.25, 0.3) is 5.91 Å². The van der Waals surface area contributed by atoms with Crippen molar-refractivity contribution in [2.24, 2.45) is 5.92 Å². The Morgan fingerprint density at radius 1 is 1.09 bits per heavy atom. The Hall–Kier alpha value is -3.57. The van der Waals surface area contributed by atoms with Gasteiger partial charge in [-0.25, -0.2) is 13.2 Å². The van der Waals surface area contributed by atoms with Crippen LogP contribution in [0.3, 0.4) is 0 Å². The molecule has 3 fully saturated rings. The quantitative estimate of drug-likeness (QED) is 0.338. The van der Waals surface area contributed by atoms with Crippen molar-refractivity contribution in [3.8, 4) is 6.01 Å². The molecule has 3 atom stereocenters. The zero-order chi connectivity index (χ0) is 31.5. The Bertz CT molecular complexity index is 1650.